The molecule has 1 N–H and O–H groups in total. The molecule has 0 saturated carbocycles. The van der Waals surface area contributed by atoms with E-state index in [1.165, 1.54) is 6.07 Å². The van der Waals surface area contributed by atoms with Crippen LogP contribution >= 0.6 is 0 Å². The average molecular weight is 405 g/mol. The number of para-hydroxylation sites is 1. The van der Waals surface area contributed by atoms with Gasteiger partial charge in [-0.05, 0) is 23.3 Å². The number of nitrogens with one attached hydrogen (secondary N) is 1. The smallest absolute Gasteiger partial charge is 0.227 e. The lowest BCUT2D eigenvalue weighted by Crippen LogP contribution is -2.14. The summed E-state index contributed by atoms with van der Waals surface area (Å²) in [6.45, 7) is 0. The molecule has 0 bridgehead atoms. The fraction of sp³-hybridized carbons (Fsp3) is 0.0870. The molecule has 1 aromatic heterocycles. The molecule has 30 heavy (non-hydrogen) atoms. The third kappa shape index (κ3) is 4.41. The van der Waals surface area contributed by atoms with Crippen LogP contribution in [0.3, 0.4) is 0 Å². The molecule has 0 fully saturated rings. The van der Waals surface area contributed by atoms with Gasteiger partial charge in [-0.3, -0.25) is 4.79 Å². The summed E-state index contributed by atoms with van der Waals surface area (Å²) in [5.74, 6) is -1.54. The molecule has 0 aliphatic rings. The van der Waals surface area contributed by atoms with Gasteiger partial charge in [-0.2, -0.15) is 4.98 Å². The number of benzene rings is 3. The minimum atomic E-state index is -0.831. The number of carbonyl (C=O) groups is 1. The lowest BCUT2D eigenvalue weighted by atomic mass is 10.0. The highest BCUT2D eigenvalue weighted by molar-refractivity contribution is 5.91. The van der Waals surface area contributed by atoms with Crippen molar-refractivity contribution in [1.82, 2.24) is 10.1 Å². The van der Waals surface area contributed by atoms with Crippen LogP contribution in [0, 0.1) is 11.6 Å². The van der Waals surface area contributed by atoms with E-state index in [1.807, 2.05) is 54.6 Å². The van der Waals surface area contributed by atoms with Crippen molar-refractivity contribution in [2.24, 2.45) is 0 Å². The van der Waals surface area contributed by atoms with Gasteiger partial charge in [0, 0.05) is 18.4 Å². The largest absolute Gasteiger partial charge is 0.339 e. The maximum Gasteiger partial charge on any atom is 0.227 e. The molecule has 0 saturated heterocycles. The topological polar surface area (TPSA) is 68.0 Å². The van der Waals surface area contributed by atoms with E-state index in [2.05, 4.69) is 15.5 Å². The van der Waals surface area contributed by atoms with Crippen molar-refractivity contribution in [2.75, 3.05) is 5.32 Å². The number of aromatic nitrogens is 2. The summed E-state index contributed by atoms with van der Waals surface area (Å²) in [5, 5.41) is 6.17. The van der Waals surface area contributed by atoms with Crippen molar-refractivity contribution in [1.29, 1.82) is 0 Å². The van der Waals surface area contributed by atoms with Gasteiger partial charge in [-0.25, -0.2) is 8.78 Å². The minimum Gasteiger partial charge on any atom is -0.339 e. The summed E-state index contributed by atoms with van der Waals surface area (Å²) in [6, 6.07) is 21.1. The second-order valence-corrected chi connectivity index (χ2v) is 6.60. The zero-order valence-electron chi connectivity index (χ0n) is 15.8. The number of anilines is 1. The summed E-state index contributed by atoms with van der Waals surface area (Å²) in [5.41, 5.74) is 2.49. The lowest BCUT2D eigenvalue weighted by Gasteiger charge is -2.06. The first-order chi connectivity index (χ1) is 14.6. The molecular weight excluding hydrogens is 388 g/mol. The number of halogens is 2. The van der Waals surface area contributed by atoms with Crippen LogP contribution < -0.4 is 5.32 Å². The summed E-state index contributed by atoms with van der Waals surface area (Å²) in [7, 11) is 0. The number of nitrogens with zero attached hydrogens (tertiary/aromatic N) is 2. The van der Waals surface area contributed by atoms with Crippen LogP contribution in [0.25, 0.3) is 22.5 Å². The van der Waals surface area contributed by atoms with E-state index >= 15 is 0 Å². The molecule has 4 rings (SSSR count). The van der Waals surface area contributed by atoms with Crippen LogP contribution in [0.4, 0.5) is 14.5 Å². The quantitative estimate of drug-likeness (QED) is 0.476. The monoisotopic (exact) mass is 405 g/mol. The first-order valence-electron chi connectivity index (χ1n) is 9.32. The van der Waals surface area contributed by atoms with Crippen molar-refractivity contribution in [3.05, 3.63) is 90.3 Å². The van der Waals surface area contributed by atoms with Crippen LogP contribution in [0.1, 0.15) is 12.3 Å². The Balaban J connectivity index is 1.38. The van der Waals surface area contributed by atoms with Gasteiger partial charge in [0.1, 0.15) is 17.3 Å². The number of hydrogen-bond acceptors (Lipinski definition) is 4. The third-order valence-electron chi connectivity index (χ3n) is 4.51. The van der Waals surface area contributed by atoms with E-state index in [0.717, 1.165) is 28.8 Å². The predicted molar refractivity (Wildman–Crippen MR) is 108 cm³/mol. The molecular formula is C23H17F2N3O2. The van der Waals surface area contributed by atoms with Crippen molar-refractivity contribution >= 4 is 11.6 Å². The Kier molecular flexibility index (Phi) is 5.61. The Morgan fingerprint density at radius 2 is 1.47 bits per heavy atom. The molecule has 7 heteroatoms. The maximum atomic E-state index is 13.6. The highest BCUT2D eigenvalue weighted by Crippen LogP contribution is 2.23. The van der Waals surface area contributed by atoms with E-state index in [-0.39, 0.29) is 18.7 Å². The van der Waals surface area contributed by atoms with Crippen molar-refractivity contribution < 1.29 is 18.1 Å². The molecule has 0 unspecified atom stereocenters. The highest BCUT2D eigenvalue weighted by Gasteiger charge is 2.14. The van der Waals surface area contributed by atoms with Gasteiger partial charge in [-0.1, -0.05) is 65.8 Å². The number of hydrogen-bond donors (Lipinski definition) is 1. The Labute approximate surface area is 171 Å². The van der Waals surface area contributed by atoms with Crippen LogP contribution in [-0.4, -0.2) is 16.0 Å². The van der Waals surface area contributed by atoms with E-state index in [9.17, 15) is 13.6 Å². The molecule has 0 radical (unpaired) electrons. The number of carbonyl (C=O) groups excluding carboxylic acids is 1. The molecule has 1 heterocycles. The lowest BCUT2D eigenvalue weighted by molar-refractivity contribution is -0.116. The second kappa shape index (κ2) is 8.65. The van der Waals surface area contributed by atoms with Crippen LogP contribution in [0.2, 0.25) is 0 Å². The predicted octanol–water partition coefficient (Wildman–Crippen LogP) is 5.25. The maximum absolute atomic E-state index is 13.6. The fourth-order valence-electron chi connectivity index (χ4n) is 2.96. The average Bonchev–Trinajstić information content (AvgIpc) is 3.25. The number of amides is 1. The van der Waals surface area contributed by atoms with E-state index in [4.69, 9.17) is 4.52 Å². The summed E-state index contributed by atoms with van der Waals surface area (Å²) in [4.78, 5) is 16.3. The Morgan fingerprint density at radius 1 is 0.833 bits per heavy atom. The molecule has 1 amide bonds. The summed E-state index contributed by atoms with van der Waals surface area (Å²) < 4.78 is 32.4. The van der Waals surface area contributed by atoms with Crippen molar-refractivity contribution in [2.45, 2.75) is 12.8 Å². The van der Waals surface area contributed by atoms with Crippen LogP contribution in [-0.2, 0) is 11.2 Å². The van der Waals surface area contributed by atoms with Gasteiger partial charge in [0.15, 0.2) is 0 Å². The molecule has 0 aliphatic carbocycles. The van der Waals surface area contributed by atoms with Crippen molar-refractivity contribution in [3.8, 4) is 22.5 Å². The molecule has 150 valence electrons. The van der Waals surface area contributed by atoms with Crippen molar-refractivity contribution in [3.63, 3.8) is 0 Å². The fourth-order valence-corrected chi connectivity index (χ4v) is 2.96. The molecule has 3 aromatic carbocycles. The third-order valence-corrected chi connectivity index (χ3v) is 4.51. The molecule has 0 spiro atoms. The van der Waals surface area contributed by atoms with Crippen LogP contribution in [0.15, 0.2) is 77.3 Å². The number of aryl methyl sites for hydroxylation is 1. The van der Waals surface area contributed by atoms with Gasteiger partial charge in [0.05, 0.1) is 0 Å². The first-order valence-corrected chi connectivity index (χ1v) is 9.32. The standard InChI is InChI=1S/C23H17F2N3O2/c24-18-7-4-8-19(25)22(18)26-20(29)13-14-21-27-23(28-30-21)17-11-9-16(10-12-17)15-5-2-1-3-6-15/h1-12H,13-14H2,(H,26,29). The normalized spacial score (nSPS) is 10.7. The SMILES string of the molecule is O=C(CCc1nc(-c2ccc(-c3ccccc3)cc2)no1)Nc1c(F)cccc1F. The summed E-state index contributed by atoms with van der Waals surface area (Å²) in [6.07, 6.45) is 0.0966. The van der Waals surface area contributed by atoms with E-state index < -0.39 is 23.2 Å². The zero-order chi connectivity index (χ0) is 20.9. The number of rotatable bonds is 6. The highest BCUT2D eigenvalue weighted by atomic mass is 19.1. The zero-order valence-corrected chi connectivity index (χ0v) is 15.8. The second-order valence-electron chi connectivity index (χ2n) is 6.60. The molecule has 4 aromatic rings. The Bertz CT molecular complexity index is 1140. The Hall–Kier alpha value is -3.87. The van der Waals surface area contributed by atoms with Gasteiger partial charge >= 0.3 is 0 Å². The first kappa shape index (κ1) is 19.4. The molecule has 0 aliphatic heterocycles. The van der Waals surface area contributed by atoms with Gasteiger partial charge in [0.25, 0.3) is 0 Å². The van der Waals surface area contributed by atoms with E-state index in [0.29, 0.717) is 5.82 Å². The van der Waals surface area contributed by atoms with Gasteiger partial charge in [0.2, 0.25) is 17.6 Å². The minimum absolute atomic E-state index is 0.0532. The van der Waals surface area contributed by atoms with E-state index in [1.54, 1.807) is 0 Å². The molecule has 5 nitrogen and oxygen atoms in total. The molecule has 0 atom stereocenters. The Morgan fingerprint density at radius 3 is 2.17 bits per heavy atom. The van der Waals surface area contributed by atoms with Crippen LogP contribution in [0.5, 0.6) is 0 Å². The summed E-state index contributed by atoms with van der Waals surface area (Å²) >= 11 is 0. The van der Waals surface area contributed by atoms with Gasteiger partial charge in [-0.15, -0.1) is 0 Å². The van der Waals surface area contributed by atoms with Gasteiger partial charge < -0.3 is 9.84 Å².